The van der Waals surface area contributed by atoms with Crippen molar-refractivity contribution in [1.82, 2.24) is 0 Å². The van der Waals surface area contributed by atoms with Crippen molar-refractivity contribution >= 4 is 32.7 Å². The van der Waals surface area contributed by atoms with Crippen LogP contribution in [0.1, 0.15) is 15.3 Å². The van der Waals surface area contributed by atoms with E-state index in [0.29, 0.717) is 17.9 Å². The minimum Gasteiger partial charge on any atom is -0.399 e. The highest BCUT2D eigenvalue weighted by atomic mass is 32.2. The van der Waals surface area contributed by atoms with E-state index in [4.69, 9.17) is 10.9 Å². The Bertz CT molecular complexity index is 717. The third-order valence-corrected chi connectivity index (χ3v) is 5.09. The molecular weight excluding hydrogens is 294 g/mol. The van der Waals surface area contributed by atoms with Crippen LogP contribution in [-0.4, -0.2) is 8.42 Å². The molecule has 0 aliphatic heterocycles. The summed E-state index contributed by atoms with van der Waals surface area (Å²) < 4.78 is 23.1. The quantitative estimate of drug-likeness (QED) is 0.754. The second-order valence-electron chi connectivity index (χ2n) is 4.61. The fourth-order valence-corrected chi connectivity index (χ4v) is 3.58. The maximum Gasteiger partial charge on any atom is 0.240 e. The minimum atomic E-state index is -3.80. The minimum absolute atomic E-state index is 0.0162. The van der Waals surface area contributed by atoms with Crippen LogP contribution in [0.15, 0.2) is 29.2 Å². The van der Waals surface area contributed by atoms with E-state index in [0.717, 1.165) is 4.88 Å². The molecule has 20 heavy (non-hydrogen) atoms. The van der Waals surface area contributed by atoms with Gasteiger partial charge in [0.1, 0.15) is 4.90 Å². The molecule has 0 fully saturated rings. The number of anilines is 2. The van der Waals surface area contributed by atoms with E-state index in [9.17, 15) is 8.42 Å². The van der Waals surface area contributed by atoms with Crippen molar-refractivity contribution in [2.75, 3.05) is 11.1 Å². The van der Waals surface area contributed by atoms with Crippen molar-refractivity contribution in [2.45, 2.75) is 25.3 Å². The second-order valence-corrected chi connectivity index (χ2v) is 7.48. The summed E-state index contributed by atoms with van der Waals surface area (Å²) in [7, 11) is -3.80. The third-order valence-electron chi connectivity index (χ3n) is 2.98. The van der Waals surface area contributed by atoms with Crippen molar-refractivity contribution < 1.29 is 8.42 Å². The Morgan fingerprint density at radius 1 is 1.25 bits per heavy atom. The number of rotatable bonds is 4. The van der Waals surface area contributed by atoms with Crippen LogP contribution >= 0.6 is 11.3 Å². The second kappa shape index (κ2) is 5.43. The largest absolute Gasteiger partial charge is 0.399 e. The highest BCUT2D eigenvalue weighted by molar-refractivity contribution is 7.89. The van der Waals surface area contributed by atoms with Gasteiger partial charge in [-0.25, -0.2) is 13.6 Å². The van der Waals surface area contributed by atoms with Crippen LogP contribution in [0.2, 0.25) is 0 Å². The molecule has 5 N–H and O–H groups in total. The number of nitrogens with two attached hydrogens (primary N) is 2. The molecule has 0 saturated carbocycles. The molecule has 108 valence electrons. The van der Waals surface area contributed by atoms with Gasteiger partial charge in [0, 0.05) is 22.0 Å². The molecule has 0 bridgehead atoms. The van der Waals surface area contributed by atoms with Gasteiger partial charge in [0.05, 0.1) is 5.69 Å². The van der Waals surface area contributed by atoms with Gasteiger partial charge in [0.25, 0.3) is 0 Å². The highest BCUT2D eigenvalue weighted by Crippen LogP contribution is 2.25. The fourth-order valence-electron chi connectivity index (χ4n) is 1.84. The smallest absolute Gasteiger partial charge is 0.240 e. The number of primary sulfonamides is 1. The molecule has 0 unspecified atom stereocenters. The number of benzene rings is 1. The summed E-state index contributed by atoms with van der Waals surface area (Å²) in [4.78, 5) is 2.41. The Morgan fingerprint density at radius 3 is 2.50 bits per heavy atom. The van der Waals surface area contributed by atoms with E-state index < -0.39 is 10.0 Å². The Kier molecular flexibility index (Phi) is 4.03. The van der Waals surface area contributed by atoms with Gasteiger partial charge in [0.2, 0.25) is 10.0 Å². The van der Waals surface area contributed by atoms with E-state index in [-0.39, 0.29) is 4.90 Å². The predicted molar refractivity (Wildman–Crippen MR) is 83.3 cm³/mol. The number of hydrogen-bond acceptors (Lipinski definition) is 5. The lowest BCUT2D eigenvalue weighted by atomic mass is 10.2. The first-order valence-corrected chi connectivity index (χ1v) is 8.36. The molecule has 0 radical (unpaired) electrons. The molecule has 0 atom stereocenters. The number of hydrogen-bond donors (Lipinski definition) is 3. The Balaban J connectivity index is 2.26. The molecule has 1 aromatic heterocycles. The summed E-state index contributed by atoms with van der Waals surface area (Å²) >= 11 is 1.68. The van der Waals surface area contributed by atoms with E-state index in [1.807, 2.05) is 6.92 Å². The van der Waals surface area contributed by atoms with Crippen LogP contribution in [0.5, 0.6) is 0 Å². The molecule has 2 aromatic rings. The molecule has 0 spiro atoms. The molecular formula is C13H17N3O2S2. The van der Waals surface area contributed by atoms with Crippen molar-refractivity contribution in [2.24, 2.45) is 5.14 Å². The van der Waals surface area contributed by atoms with Gasteiger partial charge in [-0.05, 0) is 43.7 Å². The van der Waals surface area contributed by atoms with Gasteiger partial charge < -0.3 is 11.1 Å². The summed E-state index contributed by atoms with van der Waals surface area (Å²) in [6, 6.07) is 6.72. The van der Waals surface area contributed by atoms with Crippen LogP contribution in [0.25, 0.3) is 0 Å². The standard InChI is InChI=1S/C13H17N3O2S2/c1-8-5-11(19-9(8)2)7-16-12-4-3-10(14)6-13(12)20(15,17)18/h3-6,16H,7,14H2,1-2H3,(H2,15,17,18). The topological polar surface area (TPSA) is 98.2 Å². The highest BCUT2D eigenvalue weighted by Gasteiger charge is 2.14. The summed E-state index contributed by atoms with van der Waals surface area (Å²) in [6.45, 7) is 4.66. The van der Waals surface area contributed by atoms with Crippen LogP contribution in [-0.2, 0) is 16.6 Å². The summed E-state index contributed by atoms with van der Waals surface area (Å²) in [5.74, 6) is 0. The summed E-state index contributed by atoms with van der Waals surface area (Å²) in [5.41, 5.74) is 7.67. The normalized spacial score (nSPS) is 11.6. The zero-order valence-corrected chi connectivity index (χ0v) is 12.9. The molecule has 1 heterocycles. The molecule has 1 aromatic carbocycles. The Labute approximate surface area is 122 Å². The molecule has 0 aliphatic rings. The number of sulfonamides is 1. The van der Waals surface area contributed by atoms with Crippen LogP contribution in [0, 0.1) is 13.8 Å². The fraction of sp³-hybridized carbons (Fsp3) is 0.231. The number of nitrogens with one attached hydrogen (secondary N) is 1. The molecule has 2 rings (SSSR count). The van der Waals surface area contributed by atoms with Gasteiger partial charge in [-0.2, -0.15) is 0 Å². The summed E-state index contributed by atoms with van der Waals surface area (Å²) in [5, 5.41) is 8.30. The molecule has 0 saturated heterocycles. The van der Waals surface area contributed by atoms with Gasteiger partial charge in [-0.15, -0.1) is 11.3 Å². The van der Waals surface area contributed by atoms with Crippen LogP contribution in [0.3, 0.4) is 0 Å². The van der Waals surface area contributed by atoms with Gasteiger partial charge in [0.15, 0.2) is 0 Å². The third kappa shape index (κ3) is 3.30. The lowest BCUT2D eigenvalue weighted by Gasteiger charge is -2.10. The monoisotopic (exact) mass is 311 g/mol. The van der Waals surface area contributed by atoms with Gasteiger partial charge in [-0.3, -0.25) is 0 Å². The van der Waals surface area contributed by atoms with E-state index >= 15 is 0 Å². The molecule has 7 heteroatoms. The lowest BCUT2D eigenvalue weighted by Crippen LogP contribution is -2.15. The average Bonchev–Trinajstić information content (AvgIpc) is 2.66. The van der Waals surface area contributed by atoms with E-state index in [1.54, 1.807) is 23.5 Å². The number of aryl methyl sites for hydroxylation is 2. The van der Waals surface area contributed by atoms with Gasteiger partial charge in [-0.1, -0.05) is 0 Å². The number of thiophene rings is 1. The average molecular weight is 311 g/mol. The maximum absolute atomic E-state index is 11.6. The first-order chi connectivity index (χ1) is 9.27. The Hall–Kier alpha value is -1.57. The molecule has 0 amide bonds. The van der Waals surface area contributed by atoms with Crippen LogP contribution < -0.4 is 16.2 Å². The Morgan fingerprint density at radius 2 is 1.95 bits per heavy atom. The zero-order chi connectivity index (χ0) is 14.9. The van der Waals surface area contributed by atoms with Crippen LogP contribution in [0.4, 0.5) is 11.4 Å². The zero-order valence-electron chi connectivity index (χ0n) is 11.3. The van der Waals surface area contributed by atoms with E-state index in [1.165, 1.54) is 16.5 Å². The van der Waals surface area contributed by atoms with Gasteiger partial charge >= 0.3 is 0 Å². The SMILES string of the molecule is Cc1cc(CNc2ccc(N)cc2S(N)(=O)=O)sc1C. The first-order valence-electron chi connectivity index (χ1n) is 5.99. The molecule has 5 nitrogen and oxygen atoms in total. The molecule has 0 aliphatic carbocycles. The maximum atomic E-state index is 11.6. The van der Waals surface area contributed by atoms with Crippen molar-refractivity contribution in [3.05, 3.63) is 39.6 Å². The summed E-state index contributed by atoms with van der Waals surface area (Å²) in [6.07, 6.45) is 0. The van der Waals surface area contributed by atoms with Crippen molar-refractivity contribution in [3.63, 3.8) is 0 Å². The van der Waals surface area contributed by atoms with Crippen molar-refractivity contribution in [3.8, 4) is 0 Å². The lowest BCUT2D eigenvalue weighted by molar-refractivity contribution is 0.598. The predicted octanol–water partition coefficient (Wildman–Crippen LogP) is 2.21. The van der Waals surface area contributed by atoms with E-state index in [2.05, 4.69) is 18.3 Å². The first kappa shape index (κ1) is 14.8. The number of nitrogen functional groups attached to an aromatic ring is 1. The van der Waals surface area contributed by atoms with Crippen molar-refractivity contribution in [1.29, 1.82) is 0 Å².